The summed E-state index contributed by atoms with van der Waals surface area (Å²) in [4.78, 5) is 7.83. The molecule has 0 aliphatic rings. The molecule has 0 bridgehead atoms. The number of anilines is 2. The summed E-state index contributed by atoms with van der Waals surface area (Å²) in [5, 5.41) is 11.7. The second kappa shape index (κ2) is 4.89. The minimum atomic E-state index is -0.542. The Labute approximate surface area is 105 Å². The number of halogens is 2. The van der Waals surface area contributed by atoms with Gasteiger partial charge in [-0.1, -0.05) is 0 Å². The van der Waals surface area contributed by atoms with Crippen molar-refractivity contribution in [2.24, 2.45) is 0 Å². The Kier molecular flexibility index (Phi) is 3.30. The lowest BCUT2D eigenvalue weighted by atomic mass is 10.2. The van der Waals surface area contributed by atoms with Gasteiger partial charge in [0.2, 0.25) is 0 Å². The van der Waals surface area contributed by atoms with Crippen LogP contribution in [0, 0.1) is 17.1 Å². The van der Waals surface area contributed by atoms with Crippen molar-refractivity contribution in [3.63, 3.8) is 0 Å². The van der Waals surface area contributed by atoms with Crippen molar-refractivity contribution in [3.05, 3.63) is 46.6 Å². The topological polar surface area (TPSA) is 61.6 Å². The van der Waals surface area contributed by atoms with Crippen molar-refractivity contribution in [1.82, 2.24) is 9.97 Å². The molecule has 1 N–H and O–H groups in total. The molecule has 0 saturated heterocycles. The van der Waals surface area contributed by atoms with E-state index in [0.717, 1.165) is 0 Å². The second-order valence-electron chi connectivity index (χ2n) is 3.15. The molecule has 0 fully saturated rings. The molecular formula is C11H6BrFN4. The van der Waals surface area contributed by atoms with Gasteiger partial charge in [-0.05, 0) is 34.1 Å². The van der Waals surface area contributed by atoms with Gasteiger partial charge >= 0.3 is 0 Å². The molecular weight excluding hydrogens is 287 g/mol. The Morgan fingerprint density at radius 2 is 2.24 bits per heavy atom. The van der Waals surface area contributed by atoms with Gasteiger partial charge in [0.25, 0.3) is 0 Å². The van der Waals surface area contributed by atoms with Crippen molar-refractivity contribution in [3.8, 4) is 6.07 Å². The number of hydrogen-bond acceptors (Lipinski definition) is 4. The summed E-state index contributed by atoms with van der Waals surface area (Å²) in [7, 11) is 0. The fourth-order valence-electron chi connectivity index (χ4n) is 1.23. The SMILES string of the molecule is N#Cc1cc(Nc2ncncc2Br)ccc1F. The first-order valence-electron chi connectivity index (χ1n) is 4.63. The first-order valence-corrected chi connectivity index (χ1v) is 5.42. The normalized spacial score (nSPS) is 9.71. The number of aromatic nitrogens is 2. The van der Waals surface area contributed by atoms with E-state index in [0.29, 0.717) is 16.0 Å². The van der Waals surface area contributed by atoms with Crippen LogP contribution in [0.1, 0.15) is 5.56 Å². The third kappa shape index (κ3) is 2.57. The van der Waals surface area contributed by atoms with Gasteiger partial charge in [0.1, 0.15) is 24.0 Å². The van der Waals surface area contributed by atoms with Crippen molar-refractivity contribution in [1.29, 1.82) is 5.26 Å². The zero-order valence-electron chi connectivity index (χ0n) is 8.48. The highest BCUT2D eigenvalue weighted by molar-refractivity contribution is 9.10. The Bertz CT molecular complexity index is 594. The summed E-state index contributed by atoms with van der Waals surface area (Å²) in [5.41, 5.74) is 0.572. The minimum absolute atomic E-state index is 0.0137. The van der Waals surface area contributed by atoms with Crippen molar-refractivity contribution in [2.45, 2.75) is 0 Å². The molecule has 1 aromatic carbocycles. The Morgan fingerprint density at radius 3 is 2.94 bits per heavy atom. The molecule has 84 valence electrons. The van der Waals surface area contributed by atoms with Crippen LogP contribution in [0.3, 0.4) is 0 Å². The first kappa shape index (κ1) is 11.5. The quantitative estimate of drug-likeness (QED) is 0.924. The second-order valence-corrected chi connectivity index (χ2v) is 4.01. The van der Waals surface area contributed by atoms with Crippen LogP contribution in [0.4, 0.5) is 15.9 Å². The summed E-state index contributed by atoms with van der Waals surface area (Å²) >= 11 is 3.28. The maximum absolute atomic E-state index is 13.1. The molecule has 0 atom stereocenters. The van der Waals surface area contributed by atoms with Crippen LogP contribution < -0.4 is 5.32 Å². The lowest BCUT2D eigenvalue weighted by molar-refractivity contribution is 0.624. The van der Waals surface area contributed by atoms with E-state index in [-0.39, 0.29) is 5.56 Å². The number of rotatable bonds is 2. The van der Waals surface area contributed by atoms with E-state index in [4.69, 9.17) is 5.26 Å². The molecule has 0 amide bonds. The Hall–Kier alpha value is -2.00. The van der Waals surface area contributed by atoms with Crippen molar-refractivity contribution in [2.75, 3.05) is 5.32 Å². The fraction of sp³-hybridized carbons (Fsp3) is 0. The molecule has 4 nitrogen and oxygen atoms in total. The van der Waals surface area contributed by atoms with Crippen LogP contribution in [0.25, 0.3) is 0 Å². The predicted molar refractivity (Wildman–Crippen MR) is 64.1 cm³/mol. The Balaban J connectivity index is 2.32. The molecule has 0 spiro atoms. The highest BCUT2D eigenvalue weighted by Crippen LogP contribution is 2.23. The monoisotopic (exact) mass is 292 g/mol. The van der Waals surface area contributed by atoms with Gasteiger partial charge < -0.3 is 5.32 Å². The van der Waals surface area contributed by atoms with Crippen molar-refractivity contribution < 1.29 is 4.39 Å². The van der Waals surface area contributed by atoms with Gasteiger partial charge in [-0.3, -0.25) is 0 Å². The Morgan fingerprint density at radius 1 is 1.41 bits per heavy atom. The van der Waals surface area contributed by atoms with E-state index in [1.165, 1.54) is 24.5 Å². The average molecular weight is 293 g/mol. The van der Waals surface area contributed by atoms with Gasteiger partial charge in [-0.25, -0.2) is 14.4 Å². The van der Waals surface area contributed by atoms with E-state index in [2.05, 4.69) is 31.2 Å². The summed E-state index contributed by atoms with van der Waals surface area (Å²) in [6, 6.07) is 5.96. The zero-order valence-corrected chi connectivity index (χ0v) is 10.1. The van der Waals surface area contributed by atoms with Crippen LogP contribution >= 0.6 is 15.9 Å². The third-order valence-corrected chi connectivity index (χ3v) is 2.60. The van der Waals surface area contributed by atoms with Crippen LogP contribution in [-0.2, 0) is 0 Å². The summed E-state index contributed by atoms with van der Waals surface area (Å²) in [6.07, 6.45) is 2.98. The number of hydrogen-bond donors (Lipinski definition) is 1. The molecule has 0 unspecified atom stereocenters. The standard InChI is InChI=1S/C11H6BrFN4/c12-9-5-15-6-16-11(9)17-8-1-2-10(13)7(3-8)4-14/h1-3,5-6H,(H,15,16,17). The summed E-state index contributed by atoms with van der Waals surface area (Å²) < 4.78 is 13.8. The lowest BCUT2D eigenvalue weighted by Crippen LogP contribution is -1.96. The highest BCUT2D eigenvalue weighted by Gasteiger charge is 2.05. The first-order chi connectivity index (χ1) is 8.20. The maximum atomic E-state index is 13.1. The van der Waals surface area contributed by atoms with Crippen LogP contribution in [0.15, 0.2) is 35.2 Å². The zero-order chi connectivity index (χ0) is 12.3. The lowest BCUT2D eigenvalue weighted by Gasteiger charge is -2.07. The van der Waals surface area contributed by atoms with Gasteiger partial charge in [-0.15, -0.1) is 0 Å². The smallest absolute Gasteiger partial charge is 0.148 e. The molecule has 6 heteroatoms. The number of nitrogens with one attached hydrogen (secondary N) is 1. The van der Waals surface area contributed by atoms with Crippen LogP contribution in [0.5, 0.6) is 0 Å². The van der Waals surface area contributed by atoms with Gasteiger partial charge in [0.05, 0.1) is 10.0 Å². The number of benzene rings is 1. The van der Waals surface area contributed by atoms with Gasteiger partial charge in [0, 0.05) is 11.9 Å². The number of nitrogens with zero attached hydrogens (tertiary/aromatic N) is 3. The van der Waals surface area contributed by atoms with Crippen molar-refractivity contribution >= 4 is 27.4 Å². The van der Waals surface area contributed by atoms with E-state index >= 15 is 0 Å². The molecule has 0 radical (unpaired) electrons. The molecule has 0 aliphatic carbocycles. The van der Waals surface area contributed by atoms with Crippen LogP contribution in [0.2, 0.25) is 0 Å². The van der Waals surface area contributed by atoms with Gasteiger partial charge in [0.15, 0.2) is 0 Å². The minimum Gasteiger partial charge on any atom is -0.339 e. The van der Waals surface area contributed by atoms with E-state index in [9.17, 15) is 4.39 Å². The number of nitriles is 1. The summed E-state index contributed by atoms with van der Waals surface area (Å²) in [6.45, 7) is 0. The average Bonchev–Trinajstić information content (AvgIpc) is 2.34. The van der Waals surface area contributed by atoms with E-state index < -0.39 is 5.82 Å². The summed E-state index contributed by atoms with van der Waals surface area (Å²) in [5.74, 6) is 0.00954. The fourth-order valence-corrected chi connectivity index (χ4v) is 1.55. The highest BCUT2D eigenvalue weighted by atomic mass is 79.9. The van der Waals surface area contributed by atoms with E-state index in [1.807, 2.05) is 0 Å². The third-order valence-electron chi connectivity index (χ3n) is 2.02. The largest absolute Gasteiger partial charge is 0.339 e. The molecule has 1 heterocycles. The molecule has 2 rings (SSSR count). The predicted octanol–water partition coefficient (Wildman–Crippen LogP) is 2.99. The maximum Gasteiger partial charge on any atom is 0.148 e. The van der Waals surface area contributed by atoms with E-state index in [1.54, 1.807) is 12.3 Å². The van der Waals surface area contributed by atoms with Gasteiger partial charge in [-0.2, -0.15) is 5.26 Å². The molecule has 0 aliphatic heterocycles. The van der Waals surface area contributed by atoms with Crippen LogP contribution in [-0.4, -0.2) is 9.97 Å². The molecule has 0 saturated carbocycles. The molecule has 1 aromatic heterocycles. The molecule has 2 aromatic rings. The molecule has 17 heavy (non-hydrogen) atoms.